The van der Waals surface area contributed by atoms with Gasteiger partial charge in [-0.2, -0.15) is 0 Å². The molecule has 1 aromatic rings. The molecule has 1 aliphatic heterocycles. The van der Waals surface area contributed by atoms with Crippen molar-refractivity contribution >= 4 is 17.4 Å². The number of aliphatic imine (C=N–C) groups is 1. The standard InChI is InChI=1S/C32H52N2O4/c1-5-8-9-10-11-12-13-14-15-22-37-23-17-24-38-31(35)30(34-36)29-27-19-16-18-26(4)28(27)32(20-6-2,21-7-3)25-33-29/h16,18-19,36H,5-15,17,20-25H2,1-4H3/b34-30+. The number of carbonyl (C=O) groups is 1. The monoisotopic (exact) mass is 528 g/mol. The van der Waals surface area contributed by atoms with E-state index in [0.29, 0.717) is 25.3 Å². The molecule has 214 valence electrons. The molecule has 38 heavy (non-hydrogen) atoms. The fourth-order valence-corrected chi connectivity index (χ4v) is 5.85. The Morgan fingerprint density at radius 2 is 1.53 bits per heavy atom. The van der Waals surface area contributed by atoms with Crippen molar-refractivity contribution in [2.45, 2.75) is 123 Å². The maximum Gasteiger partial charge on any atom is 0.362 e. The molecule has 1 aliphatic rings. The van der Waals surface area contributed by atoms with Crippen LogP contribution in [0.3, 0.4) is 0 Å². The Morgan fingerprint density at radius 3 is 2.16 bits per heavy atom. The molecule has 0 amide bonds. The lowest BCUT2D eigenvalue weighted by molar-refractivity contribution is -0.135. The highest BCUT2D eigenvalue weighted by Gasteiger charge is 2.39. The van der Waals surface area contributed by atoms with Gasteiger partial charge in [0.05, 0.1) is 6.61 Å². The van der Waals surface area contributed by atoms with Crippen molar-refractivity contribution in [1.82, 2.24) is 0 Å². The Balaban J connectivity index is 1.79. The first kappa shape index (κ1) is 32.0. The lowest BCUT2D eigenvalue weighted by atomic mass is 9.68. The van der Waals surface area contributed by atoms with Crippen LogP contribution < -0.4 is 0 Å². The van der Waals surface area contributed by atoms with E-state index < -0.39 is 5.97 Å². The summed E-state index contributed by atoms with van der Waals surface area (Å²) in [5.74, 6) is -0.642. The van der Waals surface area contributed by atoms with Gasteiger partial charge in [0.1, 0.15) is 5.71 Å². The Morgan fingerprint density at radius 1 is 0.895 bits per heavy atom. The summed E-state index contributed by atoms with van der Waals surface area (Å²) in [7, 11) is 0. The van der Waals surface area contributed by atoms with Gasteiger partial charge in [0.15, 0.2) is 0 Å². The molecular weight excluding hydrogens is 476 g/mol. The largest absolute Gasteiger partial charge is 0.461 e. The molecule has 0 aromatic heterocycles. The van der Waals surface area contributed by atoms with Crippen LogP contribution in [0.5, 0.6) is 0 Å². The quantitative estimate of drug-likeness (QED) is 0.0612. The van der Waals surface area contributed by atoms with Crippen LogP contribution in [0.2, 0.25) is 0 Å². The molecule has 1 aromatic carbocycles. The molecule has 2 rings (SSSR count). The molecule has 6 heteroatoms. The van der Waals surface area contributed by atoms with Gasteiger partial charge in [-0.3, -0.25) is 4.99 Å². The molecule has 1 N–H and O–H groups in total. The number of nitrogens with zero attached hydrogens (tertiary/aromatic N) is 2. The van der Waals surface area contributed by atoms with Crippen molar-refractivity contribution in [3.63, 3.8) is 0 Å². The van der Waals surface area contributed by atoms with E-state index in [4.69, 9.17) is 14.5 Å². The first-order valence-electron chi connectivity index (χ1n) is 15.2. The van der Waals surface area contributed by atoms with Crippen molar-refractivity contribution < 1.29 is 19.5 Å². The van der Waals surface area contributed by atoms with E-state index >= 15 is 0 Å². The van der Waals surface area contributed by atoms with Gasteiger partial charge in [-0.15, -0.1) is 0 Å². The number of carbonyl (C=O) groups excluding carboxylic acids is 1. The van der Waals surface area contributed by atoms with Crippen LogP contribution in [0.4, 0.5) is 0 Å². The Bertz CT molecular complexity index is 887. The van der Waals surface area contributed by atoms with E-state index in [0.717, 1.165) is 44.3 Å². The molecule has 0 fully saturated rings. The Hall–Kier alpha value is -2.21. The topological polar surface area (TPSA) is 80.5 Å². The van der Waals surface area contributed by atoms with E-state index in [1.54, 1.807) is 0 Å². The second kappa shape index (κ2) is 18.1. The summed E-state index contributed by atoms with van der Waals surface area (Å²) in [6, 6.07) is 6.08. The minimum absolute atomic E-state index is 0.0515. The van der Waals surface area contributed by atoms with Gasteiger partial charge >= 0.3 is 5.97 Å². The highest BCUT2D eigenvalue weighted by molar-refractivity contribution is 6.69. The van der Waals surface area contributed by atoms with E-state index in [-0.39, 0.29) is 17.7 Å². The molecule has 0 saturated heterocycles. The first-order valence-corrected chi connectivity index (χ1v) is 15.2. The predicted molar refractivity (Wildman–Crippen MR) is 157 cm³/mol. The van der Waals surface area contributed by atoms with Crippen LogP contribution in [0, 0.1) is 6.92 Å². The first-order chi connectivity index (χ1) is 18.5. The lowest BCUT2D eigenvalue weighted by Gasteiger charge is -2.39. The number of rotatable bonds is 20. The number of ether oxygens (including phenoxy) is 2. The second-order valence-electron chi connectivity index (χ2n) is 10.8. The molecular formula is C32H52N2O4. The zero-order chi connectivity index (χ0) is 27.6. The summed E-state index contributed by atoms with van der Waals surface area (Å²) in [5, 5.41) is 13.1. The third-order valence-corrected chi connectivity index (χ3v) is 7.63. The molecule has 0 atom stereocenters. The number of benzene rings is 1. The van der Waals surface area contributed by atoms with Crippen LogP contribution in [0.25, 0.3) is 0 Å². The molecule has 0 spiro atoms. The SMILES string of the molecule is CCCCCCCCCCCOCCCOC(=O)/C(=N/O)C1=NCC(CCC)(CCC)c2c(C)cccc21. The third-order valence-electron chi connectivity index (χ3n) is 7.63. The number of hydrogen-bond donors (Lipinski definition) is 1. The van der Waals surface area contributed by atoms with E-state index in [1.807, 2.05) is 12.1 Å². The van der Waals surface area contributed by atoms with Gasteiger partial charge in [0.2, 0.25) is 5.71 Å². The fourth-order valence-electron chi connectivity index (χ4n) is 5.85. The van der Waals surface area contributed by atoms with Crippen LogP contribution >= 0.6 is 0 Å². The van der Waals surface area contributed by atoms with Crippen LogP contribution in [0.15, 0.2) is 28.3 Å². The maximum absolute atomic E-state index is 12.9. The summed E-state index contributed by atoms with van der Waals surface area (Å²) < 4.78 is 11.2. The van der Waals surface area contributed by atoms with Gasteiger partial charge < -0.3 is 14.7 Å². The highest BCUT2D eigenvalue weighted by Crippen LogP contribution is 2.41. The predicted octanol–water partition coefficient (Wildman–Crippen LogP) is 7.95. The lowest BCUT2D eigenvalue weighted by Crippen LogP contribution is -2.40. The molecule has 6 nitrogen and oxygen atoms in total. The van der Waals surface area contributed by atoms with Crippen molar-refractivity contribution in [1.29, 1.82) is 0 Å². The zero-order valence-corrected chi connectivity index (χ0v) is 24.5. The fraction of sp³-hybridized carbons (Fsp3) is 0.719. The smallest absolute Gasteiger partial charge is 0.362 e. The van der Waals surface area contributed by atoms with Crippen LogP contribution in [-0.2, 0) is 19.7 Å². The number of oxime groups is 1. The molecule has 1 heterocycles. The van der Waals surface area contributed by atoms with Crippen molar-refractivity contribution in [3.05, 3.63) is 34.9 Å². The summed E-state index contributed by atoms with van der Waals surface area (Å²) >= 11 is 0. The molecule has 0 radical (unpaired) electrons. The zero-order valence-electron chi connectivity index (χ0n) is 24.5. The van der Waals surface area contributed by atoms with Gasteiger partial charge in [-0.05, 0) is 37.3 Å². The summed E-state index contributed by atoms with van der Waals surface area (Å²) in [4.78, 5) is 17.7. The molecule has 0 unspecified atom stereocenters. The number of aryl methyl sites for hydroxylation is 1. The van der Waals surface area contributed by atoms with Gasteiger partial charge in [0.25, 0.3) is 0 Å². The Labute approximate surface area is 231 Å². The molecule has 0 saturated carbocycles. The normalized spacial score (nSPS) is 14.7. The summed E-state index contributed by atoms with van der Waals surface area (Å²) in [6.07, 6.45) is 16.4. The number of unbranched alkanes of at least 4 members (excludes halogenated alkanes) is 8. The average Bonchev–Trinajstić information content (AvgIpc) is 2.91. The highest BCUT2D eigenvalue weighted by atomic mass is 16.5. The van der Waals surface area contributed by atoms with Crippen LogP contribution in [-0.4, -0.2) is 49.0 Å². The number of hydrogen-bond acceptors (Lipinski definition) is 6. The van der Waals surface area contributed by atoms with E-state index in [2.05, 4.69) is 38.9 Å². The molecule has 0 bridgehead atoms. The van der Waals surface area contributed by atoms with Gasteiger partial charge in [0, 0.05) is 37.2 Å². The minimum atomic E-state index is -0.642. The summed E-state index contributed by atoms with van der Waals surface area (Å²) in [5.41, 5.74) is 3.56. The summed E-state index contributed by atoms with van der Waals surface area (Å²) in [6.45, 7) is 10.9. The van der Waals surface area contributed by atoms with E-state index in [9.17, 15) is 10.0 Å². The van der Waals surface area contributed by atoms with Crippen LogP contribution in [0.1, 0.15) is 127 Å². The van der Waals surface area contributed by atoms with Gasteiger partial charge in [-0.1, -0.05) is 108 Å². The Kier molecular flexibility index (Phi) is 15.3. The van der Waals surface area contributed by atoms with Crippen molar-refractivity contribution in [3.8, 4) is 0 Å². The minimum Gasteiger partial charge on any atom is -0.461 e. The maximum atomic E-state index is 12.9. The third kappa shape index (κ3) is 9.52. The number of fused-ring (bicyclic) bond motifs is 1. The van der Waals surface area contributed by atoms with Gasteiger partial charge in [-0.25, -0.2) is 4.79 Å². The second-order valence-corrected chi connectivity index (χ2v) is 10.8. The average molecular weight is 529 g/mol. The van der Waals surface area contributed by atoms with Crippen molar-refractivity contribution in [2.24, 2.45) is 10.1 Å². The molecule has 0 aliphatic carbocycles. The van der Waals surface area contributed by atoms with Crippen molar-refractivity contribution in [2.75, 3.05) is 26.4 Å². The van der Waals surface area contributed by atoms with E-state index in [1.165, 1.54) is 62.5 Å². The number of esters is 1.